The molecular weight excluding hydrogens is 274 g/mol. The molecule has 0 saturated carbocycles. The van der Waals surface area contributed by atoms with Crippen LogP contribution in [0.5, 0.6) is 11.5 Å². The van der Waals surface area contributed by atoms with Crippen molar-refractivity contribution < 1.29 is 14.9 Å². The molecule has 0 spiro atoms. The number of halogens is 1. The van der Waals surface area contributed by atoms with Crippen LogP contribution in [0.15, 0.2) is 16.6 Å². The molecule has 0 aliphatic carbocycles. The zero-order chi connectivity index (χ0) is 12.3. The zero-order valence-electron chi connectivity index (χ0n) is 9.27. The van der Waals surface area contributed by atoms with Crippen LogP contribution in [0.2, 0.25) is 0 Å². The first-order chi connectivity index (χ1) is 7.51. The summed E-state index contributed by atoms with van der Waals surface area (Å²) in [5.74, 6) is 0.329. The molecule has 0 amide bonds. The second-order valence-electron chi connectivity index (χ2n) is 3.57. The SMILES string of the molecule is CCC(N)C(O)c1cc(Br)c(O)c(OC)c1. The second kappa shape index (κ2) is 5.52. The Kier molecular flexibility index (Phi) is 4.58. The number of hydrogen-bond acceptors (Lipinski definition) is 4. The summed E-state index contributed by atoms with van der Waals surface area (Å²) in [7, 11) is 1.46. The molecule has 1 rings (SSSR count). The molecule has 90 valence electrons. The van der Waals surface area contributed by atoms with E-state index in [9.17, 15) is 10.2 Å². The van der Waals surface area contributed by atoms with E-state index in [1.807, 2.05) is 6.92 Å². The van der Waals surface area contributed by atoms with Gasteiger partial charge in [-0.1, -0.05) is 6.92 Å². The molecule has 4 N–H and O–H groups in total. The van der Waals surface area contributed by atoms with Crippen molar-refractivity contribution in [1.29, 1.82) is 0 Å². The molecule has 0 aromatic heterocycles. The van der Waals surface area contributed by atoms with Gasteiger partial charge in [-0.25, -0.2) is 0 Å². The van der Waals surface area contributed by atoms with E-state index in [4.69, 9.17) is 10.5 Å². The molecule has 0 bridgehead atoms. The van der Waals surface area contributed by atoms with Gasteiger partial charge in [0.1, 0.15) is 0 Å². The summed E-state index contributed by atoms with van der Waals surface area (Å²) in [6.07, 6.45) is -0.0991. The van der Waals surface area contributed by atoms with Crippen molar-refractivity contribution in [3.8, 4) is 11.5 Å². The molecular formula is C11H16BrNO3. The molecule has 1 aromatic rings. The third-order valence-electron chi connectivity index (χ3n) is 2.49. The van der Waals surface area contributed by atoms with Gasteiger partial charge in [0.05, 0.1) is 17.7 Å². The largest absolute Gasteiger partial charge is 0.503 e. The van der Waals surface area contributed by atoms with Gasteiger partial charge in [-0.15, -0.1) is 0 Å². The molecule has 4 nitrogen and oxygen atoms in total. The number of aliphatic hydroxyl groups excluding tert-OH is 1. The molecule has 0 radical (unpaired) electrons. The Morgan fingerprint density at radius 3 is 2.62 bits per heavy atom. The van der Waals surface area contributed by atoms with Crippen molar-refractivity contribution >= 4 is 15.9 Å². The summed E-state index contributed by atoms with van der Waals surface area (Å²) in [6, 6.07) is 2.89. The number of phenols is 1. The normalized spacial score (nSPS) is 14.6. The van der Waals surface area contributed by atoms with Crippen LogP contribution in [0.25, 0.3) is 0 Å². The smallest absolute Gasteiger partial charge is 0.172 e. The molecule has 2 atom stereocenters. The summed E-state index contributed by atoms with van der Waals surface area (Å²) in [6.45, 7) is 1.90. The Morgan fingerprint density at radius 2 is 2.12 bits per heavy atom. The monoisotopic (exact) mass is 289 g/mol. The number of nitrogens with two attached hydrogens (primary N) is 1. The maximum Gasteiger partial charge on any atom is 0.172 e. The van der Waals surface area contributed by atoms with Crippen molar-refractivity contribution in [3.05, 3.63) is 22.2 Å². The van der Waals surface area contributed by atoms with Crippen LogP contribution in [-0.4, -0.2) is 23.4 Å². The van der Waals surface area contributed by atoms with E-state index in [0.717, 1.165) is 0 Å². The standard InChI is InChI=1S/C11H16BrNO3/c1-3-8(13)10(14)6-4-7(12)11(15)9(5-6)16-2/h4-5,8,10,14-15H,3,13H2,1-2H3. The lowest BCUT2D eigenvalue weighted by Crippen LogP contribution is -2.27. The number of aromatic hydroxyl groups is 1. The van der Waals surface area contributed by atoms with Crippen LogP contribution in [0.4, 0.5) is 0 Å². The molecule has 0 aliphatic heterocycles. The first-order valence-electron chi connectivity index (χ1n) is 5.01. The van der Waals surface area contributed by atoms with Crippen LogP contribution in [0.1, 0.15) is 25.0 Å². The van der Waals surface area contributed by atoms with Gasteiger partial charge in [-0.3, -0.25) is 0 Å². The quantitative estimate of drug-likeness (QED) is 0.792. The fraction of sp³-hybridized carbons (Fsp3) is 0.455. The Labute approximate surface area is 103 Å². The van der Waals surface area contributed by atoms with Gasteiger partial charge in [0.15, 0.2) is 11.5 Å². The van der Waals surface area contributed by atoms with Crippen LogP contribution < -0.4 is 10.5 Å². The Bertz CT molecular complexity index is 370. The minimum atomic E-state index is -0.768. The van der Waals surface area contributed by atoms with Gasteiger partial charge in [-0.05, 0) is 40.0 Å². The molecule has 0 fully saturated rings. The fourth-order valence-electron chi connectivity index (χ4n) is 1.39. The molecule has 0 saturated heterocycles. The van der Waals surface area contributed by atoms with Gasteiger partial charge in [0, 0.05) is 6.04 Å². The highest BCUT2D eigenvalue weighted by molar-refractivity contribution is 9.10. The van der Waals surface area contributed by atoms with Crippen LogP contribution in [-0.2, 0) is 0 Å². The minimum Gasteiger partial charge on any atom is -0.503 e. The number of aliphatic hydroxyl groups is 1. The minimum absolute atomic E-state index is 0.0171. The number of ether oxygens (including phenoxy) is 1. The van der Waals surface area contributed by atoms with E-state index >= 15 is 0 Å². The predicted molar refractivity (Wildman–Crippen MR) is 65.6 cm³/mol. The highest BCUT2D eigenvalue weighted by Crippen LogP contribution is 2.37. The molecule has 2 unspecified atom stereocenters. The summed E-state index contributed by atoms with van der Waals surface area (Å²) in [4.78, 5) is 0. The Balaban J connectivity index is 3.10. The first kappa shape index (κ1) is 13.3. The molecule has 1 aromatic carbocycles. The second-order valence-corrected chi connectivity index (χ2v) is 4.42. The molecule has 0 heterocycles. The van der Waals surface area contributed by atoms with Crippen LogP contribution >= 0.6 is 15.9 Å². The van der Waals surface area contributed by atoms with E-state index in [2.05, 4.69) is 15.9 Å². The Hall–Kier alpha value is -0.780. The zero-order valence-corrected chi connectivity index (χ0v) is 10.9. The number of hydrogen-bond donors (Lipinski definition) is 3. The van der Waals surface area contributed by atoms with Crippen LogP contribution in [0, 0.1) is 0 Å². The van der Waals surface area contributed by atoms with Gasteiger partial charge < -0.3 is 20.7 Å². The lowest BCUT2D eigenvalue weighted by Gasteiger charge is -2.19. The summed E-state index contributed by atoms with van der Waals surface area (Å²) >= 11 is 3.20. The van der Waals surface area contributed by atoms with E-state index in [0.29, 0.717) is 22.2 Å². The molecule has 16 heavy (non-hydrogen) atoms. The fourth-order valence-corrected chi connectivity index (χ4v) is 1.85. The summed E-state index contributed by atoms with van der Waals surface area (Å²) in [5.41, 5.74) is 6.38. The summed E-state index contributed by atoms with van der Waals surface area (Å²) in [5, 5.41) is 19.6. The number of methoxy groups -OCH3 is 1. The van der Waals surface area contributed by atoms with E-state index < -0.39 is 6.10 Å². The van der Waals surface area contributed by atoms with E-state index in [1.165, 1.54) is 7.11 Å². The number of benzene rings is 1. The maximum atomic E-state index is 9.94. The van der Waals surface area contributed by atoms with Crippen molar-refractivity contribution in [2.75, 3.05) is 7.11 Å². The number of rotatable bonds is 4. The predicted octanol–water partition coefficient (Wildman–Crippen LogP) is 1.93. The first-order valence-corrected chi connectivity index (χ1v) is 5.80. The van der Waals surface area contributed by atoms with Gasteiger partial charge >= 0.3 is 0 Å². The number of phenolic OH excluding ortho intramolecular Hbond substituents is 1. The van der Waals surface area contributed by atoms with Crippen molar-refractivity contribution in [1.82, 2.24) is 0 Å². The van der Waals surface area contributed by atoms with Gasteiger partial charge in [-0.2, -0.15) is 0 Å². The van der Waals surface area contributed by atoms with E-state index in [1.54, 1.807) is 12.1 Å². The molecule has 0 aliphatic rings. The van der Waals surface area contributed by atoms with Crippen molar-refractivity contribution in [2.45, 2.75) is 25.5 Å². The average molecular weight is 290 g/mol. The lowest BCUT2D eigenvalue weighted by atomic mass is 10.0. The third-order valence-corrected chi connectivity index (χ3v) is 3.09. The van der Waals surface area contributed by atoms with Crippen molar-refractivity contribution in [2.24, 2.45) is 5.73 Å². The average Bonchev–Trinajstić information content (AvgIpc) is 2.30. The van der Waals surface area contributed by atoms with Gasteiger partial charge in [0.2, 0.25) is 0 Å². The van der Waals surface area contributed by atoms with Crippen molar-refractivity contribution in [3.63, 3.8) is 0 Å². The maximum absolute atomic E-state index is 9.94. The topological polar surface area (TPSA) is 75.7 Å². The Morgan fingerprint density at radius 1 is 1.50 bits per heavy atom. The highest BCUT2D eigenvalue weighted by atomic mass is 79.9. The van der Waals surface area contributed by atoms with Crippen LogP contribution in [0.3, 0.4) is 0 Å². The lowest BCUT2D eigenvalue weighted by molar-refractivity contribution is 0.144. The van der Waals surface area contributed by atoms with E-state index in [-0.39, 0.29) is 11.8 Å². The highest BCUT2D eigenvalue weighted by Gasteiger charge is 2.18. The molecule has 5 heteroatoms. The van der Waals surface area contributed by atoms with Gasteiger partial charge in [0.25, 0.3) is 0 Å². The summed E-state index contributed by atoms with van der Waals surface area (Å²) < 4.78 is 5.47. The third kappa shape index (κ3) is 2.66.